The van der Waals surface area contributed by atoms with E-state index in [-0.39, 0.29) is 23.3 Å². The van der Waals surface area contributed by atoms with Gasteiger partial charge in [0.25, 0.3) is 0 Å². The molecule has 1 unspecified atom stereocenters. The SMILES string of the molecule is CC(C)[C@@H](NC(=O)OC(C)(C)C)C(=O)N(C)[C@H]1CC[C@@]2(C)C(=CC[C@@H]3C2CC[C@]24CN(C)[C@@H](C)[C@H]2CC[C@@H]34)C1. The molecule has 220 valence electrons. The van der Waals surface area contributed by atoms with Crippen LogP contribution in [0.2, 0.25) is 0 Å². The number of nitrogens with zero attached hydrogens (tertiary/aromatic N) is 2. The quantitative estimate of drug-likeness (QED) is 0.427. The third kappa shape index (κ3) is 4.85. The van der Waals surface area contributed by atoms with Crippen molar-refractivity contribution in [3.8, 4) is 0 Å². The molecule has 0 bridgehead atoms. The minimum absolute atomic E-state index is 0.00479. The van der Waals surface area contributed by atoms with Crippen LogP contribution in [0.5, 0.6) is 0 Å². The van der Waals surface area contributed by atoms with Gasteiger partial charge < -0.3 is 19.9 Å². The highest BCUT2D eigenvalue weighted by Crippen LogP contribution is 2.68. The lowest BCUT2D eigenvalue weighted by Gasteiger charge is -2.58. The van der Waals surface area contributed by atoms with Crippen molar-refractivity contribution < 1.29 is 14.3 Å². The van der Waals surface area contributed by atoms with Gasteiger partial charge in [0.15, 0.2) is 0 Å². The molecule has 5 rings (SSSR count). The van der Waals surface area contributed by atoms with E-state index < -0.39 is 17.7 Å². The first-order valence-electron chi connectivity index (χ1n) is 15.8. The predicted octanol–water partition coefficient (Wildman–Crippen LogP) is 6.26. The van der Waals surface area contributed by atoms with E-state index in [1.54, 1.807) is 5.57 Å². The van der Waals surface area contributed by atoms with E-state index in [1.165, 1.54) is 38.6 Å². The number of carbonyl (C=O) groups is 2. The molecule has 1 aliphatic heterocycles. The van der Waals surface area contributed by atoms with Crippen LogP contribution in [0.25, 0.3) is 0 Å². The molecule has 4 aliphatic carbocycles. The Morgan fingerprint density at radius 1 is 1.10 bits per heavy atom. The second-order valence-electron chi connectivity index (χ2n) is 15.6. The van der Waals surface area contributed by atoms with Gasteiger partial charge in [-0.05, 0) is 127 Å². The van der Waals surface area contributed by atoms with Gasteiger partial charge in [0.2, 0.25) is 5.91 Å². The first kappa shape index (κ1) is 29.0. The van der Waals surface area contributed by atoms with Crippen LogP contribution in [0, 0.1) is 40.4 Å². The normalized spacial score (nSPS) is 40.6. The minimum Gasteiger partial charge on any atom is -0.444 e. The number of hydrogen-bond acceptors (Lipinski definition) is 4. The van der Waals surface area contributed by atoms with E-state index in [2.05, 4.69) is 37.2 Å². The summed E-state index contributed by atoms with van der Waals surface area (Å²) in [5.74, 6) is 3.37. The minimum atomic E-state index is -0.593. The third-order valence-electron chi connectivity index (χ3n) is 12.2. The Hall–Kier alpha value is -1.56. The molecule has 6 nitrogen and oxygen atoms in total. The number of alkyl carbamates (subject to hydrolysis) is 1. The van der Waals surface area contributed by atoms with Gasteiger partial charge in [-0.25, -0.2) is 4.79 Å². The summed E-state index contributed by atoms with van der Waals surface area (Å²) in [6, 6.07) is 0.338. The Labute approximate surface area is 237 Å². The van der Waals surface area contributed by atoms with E-state index in [0.717, 1.165) is 49.0 Å². The van der Waals surface area contributed by atoms with Gasteiger partial charge in [-0.1, -0.05) is 32.4 Å². The maximum absolute atomic E-state index is 13.7. The van der Waals surface area contributed by atoms with Crippen molar-refractivity contribution in [1.29, 1.82) is 0 Å². The summed E-state index contributed by atoms with van der Waals surface area (Å²) in [5.41, 5.74) is 1.84. The standard InChI is InChI=1S/C33H55N3O3/c1-20(2)28(34-30(38)39-31(4,5)6)29(37)36(9)23-14-16-32(7)22(18-23)10-11-24-26(32)15-17-33-19-35(8)21(3)25(33)12-13-27(24)33/h10,20-21,23-28H,11-19H2,1-9H3,(H,34,38)/t21-,23-,24+,25+,26?,27-,28+,32-,33-/m0/s1. The zero-order chi connectivity index (χ0) is 28.5. The Balaban J connectivity index is 1.28. The van der Waals surface area contributed by atoms with Gasteiger partial charge in [0, 0.05) is 25.7 Å². The molecule has 4 fully saturated rings. The molecule has 1 heterocycles. The molecule has 1 N–H and O–H groups in total. The Morgan fingerprint density at radius 2 is 1.79 bits per heavy atom. The first-order chi connectivity index (χ1) is 18.2. The molecular weight excluding hydrogens is 486 g/mol. The molecule has 1 spiro atoms. The van der Waals surface area contributed by atoms with E-state index in [9.17, 15) is 9.59 Å². The topological polar surface area (TPSA) is 61.9 Å². The molecule has 9 atom stereocenters. The van der Waals surface area contributed by atoms with E-state index in [4.69, 9.17) is 4.74 Å². The molecular formula is C33H55N3O3. The van der Waals surface area contributed by atoms with E-state index in [1.807, 2.05) is 46.6 Å². The number of carbonyl (C=O) groups excluding carboxylic acids is 2. The number of likely N-dealkylation sites (tertiary alicyclic amines) is 1. The van der Waals surface area contributed by atoms with Crippen molar-refractivity contribution in [3.63, 3.8) is 0 Å². The third-order valence-corrected chi connectivity index (χ3v) is 12.2. The largest absolute Gasteiger partial charge is 0.444 e. The van der Waals surface area contributed by atoms with Crippen LogP contribution < -0.4 is 5.32 Å². The second kappa shape index (κ2) is 10.1. The number of ether oxygens (including phenoxy) is 1. The molecule has 1 saturated heterocycles. The molecule has 0 radical (unpaired) electrons. The smallest absolute Gasteiger partial charge is 0.408 e. The fraction of sp³-hybridized carbons (Fsp3) is 0.879. The van der Waals surface area contributed by atoms with Crippen molar-refractivity contribution in [3.05, 3.63) is 11.6 Å². The van der Waals surface area contributed by atoms with E-state index in [0.29, 0.717) is 5.41 Å². The van der Waals surface area contributed by atoms with Crippen LogP contribution in [0.3, 0.4) is 0 Å². The number of amides is 2. The summed E-state index contributed by atoms with van der Waals surface area (Å²) in [6.45, 7) is 15.8. The number of nitrogens with one attached hydrogen (secondary N) is 1. The summed E-state index contributed by atoms with van der Waals surface area (Å²) in [4.78, 5) is 30.8. The zero-order valence-electron chi connectivity index (χ0n) is 26.2. The number of likely N-dealkylation sites (N-methyl/N-ethyl adjacent to an activating group) is 1. The lowest BCUT2D eigenvalue weighted by Crippen LogP contribution is -2.56. The maximum Gasteiger partial charge on any atom is 0.408 e. The second-order valence-corrected chi connectivity index (χ2v) is 15.6. The number of hydrogen-bond donors (Lipinski definition) is 1. The van der Waals surface area contributed by atoms with Crippen molar-refractivity contribution in [1.82, 2.24) is 15.1 Å². The predicted molar refractivity (Wildman–Crippen MR) is 156 cm³/mol. The molecule has 0 aromatic carbocycles. The van der Waals surface area contributed by atoms with Crippen LogP contribution in [0.4, 0.5) is 4.79 Å². The van der Waals surface area contributed by atoms with Crippen LogP contribution in [0.15, 0.2) is 11.6 Å². The summed E-state index contributed by atoms with van der Waals surface area (Å²) in [7, 11) is 4.29. The van der Waals surface area contributed by atoms with E-state index >= 15 is 0 Å². The fourth-order valence-electron chi connectivity index (χ4n) is 10.1. The maximum atomic E-state index is 13.7. The molecule has 0 aromatic heterocycles. The van der Waals surface area contributed by atoms with Gasteiger partial charge in [-0.2, -0.15) is 0 Å². The Kier molecular flexibility index (Phi) is 7.47. The highest BCUT2D eigenvalue weighted by atomic mass is 16.6. The van der Waals surface area contributed by atoms with Crippen LogP contribution >= 0.6 is 0 Å². The summed E-state index contributed by atoms with van der Waals surface area (Å²) < 4.78 is 5.46. The lowest BCUT2D eigenvalue weighted by molar-refractivity contribution is -0.136. The van der Waals surface area contributed by atoms with Crippen LogP contribution in [-0.4, -0.2) is 66.2 Å². The number of rotatable bonds is 4. The average Bonchev–Trinajstić information content (AvgIpc) is 3.33. The molecule has 6 heteroatoms. The van der Waals surface area contributed by atoms with Crippen molar-refractivity contribution in [2.75, 3.05) is 20.6 Å². The molecule has 0 aromatic rings. The summed E-state index contributed by atoms with van der Waals surface area (Å²) in [6.07, 6.45) is 12.1. The molecule has 39 heavy (non-hydrogen) atoms. The van der Waals surface area contributed by atoms with Crippen molar-refractivity contribution >= 4 is 12.0 Å². The highest BCUT2D eigenvalue weighted by molar-refractivity contribution is 5.86. The van der Waals surface area contributed by atoms with Gasteiger partial charge >= 0.3 is 6.09 Å². The van der Waals surface area contributed by atoms with Gasteiger partial charge in [0.05, 0.1) is 0 Å². The van der Waals surface area contributed by atoms with Crippen molar-refractivity contribution in [2.45, 2.75) is 124 Å². The highest BCUT2D eigenvalue weighted by Gasteiger charge is 2.64. The molecule has 2 amide bonds. The van der Waals surface area contributed by atoms with Crippen LogP contribution in [-0.2, 0) is 9.53 Å². The van der Waals surface area contributed by atoms with Crippen molar-refractivity contribution in [2.24, 2.45) is 40.4 Å². The van der Waals surface area contributed by atoms with Crippen LogP contribution in [0.1, 0.15) is 99.8 Å². The van der Waals surface area contributed by atoms with Gasteiger partial charge in [-0.15, -0.1) is 0 Å². The first-order valence-corrected chi connectivity index (χ1v) is 15.8. The summed E-state index contributed by atoms with van der Waals surface area (Å²) in [5, 5.41) is 2.87. The molecule has 5 aliphatic rings. The number of allylic oxidation sites excluding steroid dienone is 1. The van der Waals surface area contributed by atoms with Gasteiger partial charge in [-0.3, -0.25) is 4.79 Å². The summed E-state index contributed by atoms with van der Waals surface area (Å²) >= 11 is 0. The molecule has 3 saturated carbocycles. The zero-order valence-corrected chi connectivity index (χ0v) is 26.2. The average molecular weight is 542 g/mol. The Bertz CT molecular complexity index is 1000. The Morgan fingerprint density at radius 3 is 2.46 bits per heavy atom. The number of fused-ring (bicyclic) bond motifs is 4. The lowest BCUT2D eigenvalue weighted by atomic mass is 9.47. The fourth-order valence-corrected chi connectivity index (χ4v) is 10.1. The van der Waals surface area contributed by atoms with Gasteiger partial charge in [0.1, 0.15) is 11.6 Å². The monoisotopic (exact) mass is 541 g/mol.